The van der Waals surface area contributed by atoms with Crippen molar-refractivity contribution in [2.75, 3.05) is 6.61 Å². The maximum Gasteiger partial charge on any atom is 0.254 e. The SMILES string of the molecule is Cc1c(C(=O)NC2CCC(CO)CC2)cnn1C1CCCC1. The van der Waals surface area contributed by atoms with Gasteiger partial charge < -0.3 is 10.4 Å². The van der Waals surface area contributed by atoms with E-state index >= 15 is 0 Å². The Morgan fingerprint density at radius 2 is 1.95 bits per heavy atom. The van der Waals surface area contributed by atoms with Crippen LogP contribution in [0.2, 0.25) is 0 Å². The van der Waals surface area contributed by atoms with Crippen molar-refractivity contribution in [2.24, 2.45) is 5.92 Å². The fraction of sp³-hybridized carbons (Fsp3) is 0.765. The Hall–Kier alpha value is -1.36. The van der Waals surface area contributed by atoms with E-state index in [1.807, 2.05) is 11.6 Å². The number of aliphatic hydroxyl groups is 1. The second kappa shape index (κ2) is 6.82. The van der Waals surface area contributed by atoms with Crippen LogP contribution >= 0.6 is 0 Å². The molecule has 0 spiro atoms. The number of hydrogen-bond acceptors (Lipinski definition) is 3. The number of aromatic nitrogens is 2. The predicted molar refractivity (Wildman–Crippen MR) is 84.8 cm³/mol. The molecule has 2 fully saturated rings. The molecule has 0 radical (unpaired) electrons. The lowest BCUT2D eigenvalue weighted by Gasteiger charge is -2.27. The van der Waals surface area contributed by atoms with Gasteiger partial charge in [-0.2, -0.15) is 5.10 Å². The molecule has 0 bridgehead atoms. The van der Waals surface area contributed by atoms with Crippen molar-refractivity contribution in [3.8, 4) is 0 Å². The first-order chi connectivity index (χ1) is 10.7. The largest absolute Gasteiger partial charge is 0.396 e. The van der Waals surface area contributed by atoms with Gasteiger partial charge in [0.05, 0.1) is 17.8 Å². The van der Waals surface area contributed by atoms with Gasteiger partial charge in [-0.3, -0.25) is 9.48 Å². The van der Waals surface area contributed by atoms with Crippen molar-refractivity contribution in [2.45, 2.75) is 70.4 Å². The molecule has 0 aromatic carbocycles. The number of carbonyl (C=O) groups excluding carboxylic acids is 1. The Bertz CT molecular complexity index is 512. The summed E-state index contributed by atoms with van der Waals surface area (Å²) in [6.07, 6.45) is 10.5. The van der Waals surface area contributed by atoms with Gasteiger partial charge in [0, 0.05) is 18.3 Å². The summed E-state index contributed by atoms with van der Waals surface area (Å²) in [4.78, 5) is 12.5. The molecule has 2 aliphatic rings. The number of aliphatic hydroxyl groups excluding tert-OH is 1. The molecule has 122 valence electrons. The maximum absolute atomic E-state index is 12.5. The van der Waals surface area contributed by atoms with Crippen LogP contribution in [-0.4, -0.2) is 33.4 Å². The van der Waals surface area contributed by atoms with E-state index in [2.05, 4.69) is 10.4 Å². The molecule has 5 heteroatoms. The zero-order chi connectivity index (χ0) is 15.5. The lowest BCUT2D eigenvalue weighted by molar-refractivity contribution is 0.0913. The summed E-state index contributed by atoms with van der Waals surface area (Å²) in [5, 5.41) is 16.8. The fourth-order valence-electron chi connectivity index (χ4n) is 3.92. The Labute approximate surface area is 132 Å². The summed E-state index contributed by atoms with van der Waals surface area (Å²) in [7, 11) is 0. The summed E-state index contributed by atoms with van der Waals surface area (Å²) >= 11 is 0. The van der Waals surface area contributed by atoms with Gasteiger partial charge in [0.1, 0.15) is 0 Å². The van der Waals surface area contributed by atoms with Gasteiger partial charge >= 0.3 is 0 Å². The second-order valence-corrected chi connectivity index (χ2v) is 6.90. The van der Waals surface area contributed by atoms with Gasteiger partial charge in [0.15, 0.2) is 0 Å². The summed E-state index contributed by atoms with van der Waals surface area (Å²) < 4.78 is 2.05. The number of rotatable bonds is 4. The van der Waals surface area contributed by atoms with E-state index in [9.17, 15) is 9.90 Å². The van der Waals surface area contributed by atoms with Crippen molar-refractivity contribution in [3.05, 3.63) is 17.5 Å². The molecule has 2 aliphatic carbocycles. The van der Waals surface area contributed by atoms with E-state index in [-0.39, 0.29) is 18.6 Å². The Morgan fingerprint density at radius 3 is 2.59 bits per heavy atom. The lowest BCUT2D eigenvalue weighted by Crippen LogP contribution is -2.38. The van der Waals surface area contributed by atoms with Crippen molar-refractivity contribution < 1.29 is 9.90 Å². The number of carbonyl (C=O) groups is 1. The predicted octanol–water partition coefficient (Wildman–Crippen LogP) is 2.59. The summed E-state index contributed by atoms with van der Waals surface area (Å²) in [5.41, 5.74) is 1.71. The van der Waals surface area contributed by atoms with Crippen LogP contribution in [0, 0.1) is 12.8 Å². The highest BCUT2D eigenvalue weighted by Crippen LogP contribution is 2.30. The topological polar surface area (TPSA) is 67.2 Å². The highest BCUT2D eigenvalue weighted by Gasteiger charge is 2.25. The van der Waals surface area contributed by atoms with Crippen LogP contribution in [0.3, 0.4) is 0 Å². The first-order valence-electron chi connectivity index (χ1n) is 8.65. The fourth-order valence-corrected chi connectivity index (χ4v) is 3.92. The number of amides is 1. The van der Waals surface area contributed by atoms with E-state index in [0.717, 1.165) is 36.9 Å². The van der Waals surface area contributed by atoms with E-state index < -0.39 is 0 Å². The van der Waals surface area contributed by atoms with Crippen LogP contribution in [0.5, 0.6) is 0 Å². The average Bonchev–Trinajstić information content (AvgIpc) is 3.17. The molecular formula is C17H27N3O2. The van der Waals surface area contributed by atoms with Gasteiger partial charge in [-0.15, -0.1) is 0 Å². The van der Waals surface area contributed by atoms with E-state index in [1.165, 1.54) is 25.7 Å². The molecule has 5 nitrogen and oxygen atoms in total. The van der Waals surface area contributed by atoms with Gasteiger partial charge in [0.25, 0.3) is 5.91 Å². The Kier molecular flexibility index (Phi) is 4.81. The molecule has 2 saturated carbocycles. The third-order valence-corrected chi connectivity index (χ3v) is 5.40. The van der Waals surface area contributed by atoms with Crippen molar-refractivity contribution >= 4 is 5.91 Å². The van der Waals surface area contributed by atoms with Crippen LogP contribution in [-0.2, 0) is 0 Å². The minimum Gasteiger partial charge on any atom is -0.396 e. The molecule has 0 aliphatic heterocycles. The van der Waals surface area contributed by atoms with Crippen LogP contribution in [0.25, 0.3) is 0 Å². The van der Waals surface area contributed by atoms with Gasteiger partial charge in [-0.25, -0.2) is 0 Å². The van der Waals surface area contributed by atoms with Gasteiger partial charge in [0.2, 0.25) is 0 Å². The third-order valence-electron chi connectivity index (χ3n) is 5.40. The van der Waals surface area contributed by atoms with E-state index in [4.69, 9.17) is 0 Å². The molecule has 0 unspecified atom stereocenters. The summed E-state index contributed by atoms with van der Waals surface area (Å²) in [6.45, 7) is 2.27. The van der Waals surface area contributed by atoms with E-state index in [0.29, 0.717) is 12.0 Å². The Morgan fingerprint density at radius 1 is 1.27 bits per heavy atom. The molecule has 22 heavy (non-hydrogen) atoms. The smallest absolute Gasteiger partial charge is 0.254 e. The van der Waals surface area contributed by atoms with Gasteiger partial charge in [-0.1, -0.05) is 12.8 Å². The second-order valence-electron chi connectivity index (χ2n) is 6.90. The minimum atomic E-state index is 0.00851. The minimum absolute atomic E-state index is 0.00851. The number of nitrogens with one attached hydrogen (secondary N) is 1. The quantitative estimate of drug-likeness (QED) is 0.898. The molecule has 3 rings (SSSR count). The average molecular weight is 305 g/mol. The lowest BCUT2D eigenvalue weighted by atomic mass is 9.86. The molecule has 2 N–H and O–H groups in total. The summed E-state index contributed by atoms with van der Waals surface area (Å²) in [5.74, 6) is 0.425. The maximum atomic E-state index is 12.5. The van der Waals surface area contributed by atoms with Crippen molar-refractivity contribution in [1.29, 1.82) is 0 Å². The first-order valence-corrected chi connectivity index (χ1v) is 8.65. The van der Waals surface area contributed by atoms with Crippen LogP contribution in [0.4, 0.5) is 0 Å². The van der Waals surface area contributed by atoms with Crippen LogP contribution in [0.1, 0.15) is 73.5 Å². The number of nitrogens with zero attached hydrogens (tertiary/aromatic N) is 2. The zero-order valence-corrected chi connectivity index (χ0v) is 13.4. The molecular weight excluding hydrogens is 278 g/mol. The molecule has 1 aromatic rings. The third kappa shape index (κ3) is 3.19. The molecule has 1 amide bonds. The van der Waals surface area contributed by atoms with Crippen molar-refractivity contribution in [1.82, 2.24) is 15.1 Å². The zero-order valence-electron chi connectivity index (χ0n) is 13.4. The Balaban J connectivity index is 1.61. The van der Waals surface area contributed by atoms with E-state index in [1.54, 1.807) is 6.20 Å². The van der Waals surface area contributed by atoms with Crippen molar-refractivity contribution in [3.63, 3.8) is 0 Å². The first kappa shape index (κ1) is 15.5. The standard InChI is InChI=1S/C17H27N3O2/c1-12-16(10-18-20(12)15-4-2-3-5-15)17(22)19-14-8-6-13(11-21)7-9-14/h10,13-15,21H,2-9,11H2,1H3,(H,19,22). The molecule has 0 atom stereocenters. The highest BCUT2D eigenvalue weighted by molar-refractivity contribution is 5.95. The van der Waals surface area contributed by atoms with Crippen LogP contribution < -0.4 is 5.32 Å². The van der Waals surface area contributed by atoms with Gasteiger partial charge in [-0.05, 0) is 51.4 Å². The molecule has 1 aromatic heterocycles. The molecule has 1 heterocycles. The normalized spacial score (nSPS) is 26.3. The summed E-state index contributed by atoms with van der Waals surface area (Å²) in [6, 6.07) is 0.714. The molecule has 0 saturated heterocycles. The number of hydrogen-bond donors (Lipinski definition) is 2. The monoisotopic (exact) mass is 305 g/mol. The highest BCUT2D eigenvalue weighted by atomic mass is 16.3. The van der Waals surface area contributed by atoms with Crippen LogP contribution in [0.15, 0.2) is 6.20 Å².